The van der Waals surface area contributed by atoms with Crippen molar-refractivity contribution in [1.82, 2.24) is 0 Å². The minimum atomic E-state index is -0.665. The van der Waals surface area contributed by atoms with Crippen LogP contribution in [0, 0.1) is 5.92 Å². The van der Waals surface area contributed by atoms with Crippen molar-refractivity contribution in [2.45, 2.75) is 69.9 Å². The number of hydrogen-bond donors (Lipinski definition) is 0. The molecule has 30 heavy (non-hydrogen) atoms. The molecule has 1 unspecified atom stereocenters. The second-order valence-electron chi connectivity index (χ2n) is 9.37. The highest BCUT2D eigenvalue weighted by molar-refractivity contribution is 6.00. The summed E-state index contributed by atoms with van der Waals surface area (Å²) in [6, 6.07) is 5.54. The molecule has 1 aromatic rings. The number of anilines is 1. The second kappa shape index (κ2) is 6.72. The van der Waals surface area contributed by atoms with Crippen LogP contribution in [0.5, 0.6) is 5.75 Å². The lowest BCUT2D eigenvalue weighted by atomic mass is 9.87. The fraction of sp³-hybridized carbons (Fsp3) is 0.609. The van der Waals surface area contributed by atoms with Gasteiger partial charge in [0.05, 0.1) is 31.4 Å². The van der Waals surface area contributed by atoms with Crippen molar-refractivity contribution in [3.63, 3.8) is 0 Å². The number of amides is 1. The molecule has 7 heteroatoms. The van der Waals surface area contributed by atoms with Crippen molar-refractivity contribution in [3.8, 4) is 5.75 Å². The van der Waals surface area contributed by atoms with Gasteiger partial charge in [0, 0.05) is 24.2 Å². The van der Waals surface area contributed by atoms with E-state index in [9.17, 15) is 14.4 Å². The van der Waals surface area contributed by atoms with Gasteiger partial charge in [0.25, 0.3) is 0 Å². The van der Waals surface area contributed by atoms with Crippen molar-refractivity contribution >= 4 is 23.5 Å². The molecule has 3 aliphatic rings. The van der Waals surface area contributed by atoms with Gasteiger partial charge in [-0.25, -0.2) is 4.79 Å². The molecule has 0 saturated heterocycles. The molecule has 2 fully saturated rings. The van der Waals surface area contributed by atoms with E-state index in [0.29, 0.717) is 25.0 Å². The molecule has 3 atom stereocenters. The molecule has 1 amide bonds. The summed E-state index contributed by atoms with van der Waals surface area (Å²) in [4.78, 5) is 40.1. The fourth-order valence-corrected chi connectivity index (χ4v) is 5.75. The Labute approximate surface area is 176 Å². The summed E-state index contributed by atoms with van der Waals surface area (Å²) < 4.78 is 16.5. The minimum absolute atomic E-state index is 0.123. The second-order valence-corrected chi connectivity index (χ2v) is 9.37. The Morgan fingerprint density at radius 1 is 1.27 bits per heavy atom. The predicted octanol–water partition coefficient (Wildman–Crippen LogP) is 3.76. The number of nitrogens with zero attached hydrogens (tertiary/aromatic N) is 1. The molecule has 1 aliphatic heterocycles. The maximum absolute atomic E-state index is 13.4. The van der Waals surface area contributed by atoms with Crippen LogP contribution in [0.15, 0.2) is 18.2 Å². The van der Waals surface area contributed by atoms with Gasteiger partial charge in [-0.05, 0) is 57.9 Å². The van der Waals surface area contributed by atoms with Crippen LogP contribution in [0.2, 0.25) is 0 Å². The van der Waals surface area contributed by atoms with E-state index >= 15 is 0 Å². The molecular weight excluding hydrogens is 386 g/mol. The zero-order chi connectivity index (χ0) is 21.9. The van der Waals surface area contributed by atoms with E-state index in [-0.39, 0.29) is 30.7 Å². The highest BCUT2D eigenvalue weighted by atomic mass is 16.6. The standard InChI is InChI=1S/C23H29NO6/c1-6-29-19(26)13-22-16-12-15(28-5)7-8-17(16)24(20(27)30-21(2,3)4)23(22)10-9-14(25)11-18(22)23/h7-8,12,18H,6,9-11,13H2,1-5H3/t18?,22-,23+/m0/s1. The molecule has 4 rings (SSSR count). The number of ketones is 1. The predicted molar refractivity (Wildman–Crippen MR) is 110 cm³/mol. The number of methoxy groups -OCH3 is 1. The Kier molecular flexibility index (Phi) is 4.64. The van der Waals surface area contributed by atoms with Crippen molar-refractivity contribution in [1.29, 1.82) is 0 Å². The van der Waals surface area contributed by atoms with E-state index < -0.39 is 22.6 Å². The van der Waals surface area contributed by atoms with Crippen LogP contribution in [0.1, 0.15) is 58.9 Å². The van der Waals surface area contributed by atoms with Gasteiger partial charge < -0.3 is 14.2 Å². The quantitative estimate of drug-likeness (QED) is 0.697. The van der Waals surface area contributed by atoms with Gasteiger partial charge in [0.2, 0.25) is 0 Å². The normalized spacial score (nSPS) is 28.9. The lowest BCUT2D eigenvalue weighted by Crippen LogP contribution is -2.48. The van der Waals surface area contributed by atoms with E-state index in [0.717, 1.165) is 11.3 Å². The first-order chi connectivity index (χ1) is 14.1. The number of esters is 1. The lowest BCUT2D eigenvalue weighted by molar-refractivity contribution is -0.144. The number of ether oxygens (including phenoxy) is 3. The van der Waals surface area contributed by atoms with Crippen LogP contribution in [-0.4, -0.2) is 42.7 Å². The molecule has 0 bridgehead atoms. The molecule has 0 radical (unpaired) electrons. The zero-order valence-electron chi connectivity index (χ0n) is 18.2. The van der Waals surface area contributed by atoms with Crippen LogP contribution < -0.4 is 9.64 Å². The third-order valence-electron chi connectivity index (χ3n) is 6.71. The Hall–Kier alpha value is -2.57. The third-order valence-corrected chi connectivity index (χ3v) is 6.71. The average Bonchev–Trinajstić information content (AvgIpc) is 3.12. The SMILES string of the molecule is CCOC(=O)C[C@@]12c3cc(OC)ccc3N(C(=O)OC(C)(C)C)[C@@]13CCC(=O)CC23. The van der Waals surface area contributed by atoms with Gasteiger partial charge in [0.1, 0.15) is 17.1 Å². The molecule has 0 aromatic heterocycles. The first kappa shape index (κ1) is 20.7. The Morgan fingerprint density at radius 3 is 2.63 bits per heavy atom. The van der Waals surface area contributed by atoms with Gasteiger partial charge in [-0.3, -0.25) is 14.5 Å². The first-order valence-electron chi connectivity index (χ1n) is 10.5. The average molecular weight is 415 g/mol. The van der Waals surface area contributed by atoms with E-state index in [1.165, 1.54) is 0 Å². The van der Waals surface area contributed by atoms with Crippen LogP contribution in [0.25, 0.3) is 0 Å². The van der Waals surface area contributed by atoms with Gasteiger partial charge in [0.15, 0.2) is 0 Å². The fourth-order valence-electron chi connectivity index (χ4n) is 5.75. The number of carbonyl (C=O) groups excluding carboxylic acids is 3. The summed E-state index contributed by atoms with van der Waals surface area (Å²) in [5, 5.41) is 0. The molecule has 2 saturated carbocycles. The van der Waals surface area contributed by atoms with E-state index in [1.807, 2.05) is 32.9 Å². The topological polar surface area (TPSA) is 82.1 Å². The molecule has 2 aliphatic carbocycles. The van der Waals surface area contributed by atoms with E-state index in [1.54, 1.807) is 25.0 Å². The summed E-state index contributed by atoms with van der Waals surface area (Å²) >= 11 is 0. The number of fused-ring (bicyclic) bond motifs is 3. The maximum atomic E-state index is 13.4. The number of benzene rings is 1. The highest BCUT2D eigenvalue weighted by Crippen LogP contribution is 2.78. The smallest absolute Gasteiger partial charge is 0.415 e. The van der Waals surface area contributed by atoms with E-state index in [4.69, 9.17) is 14.2 Å². The molecule has 162 valence electrons. The van der Waals surface area contributed by atoms with Crippen molar-refractivity contribution in [2.75, 3.05) is 18.6 Å². The summed E-state index contributed by atoms with van der Waals surface area (Å²) in [5.74, 6) is 0.353. The maximum Gasteiger partial charge on any atom is 0.415 e. The van der Waals surface area contributed by atoms with Gasteiger partial charge in [-0.15, -0.1) is 0 Å². The van der Waals surface area contributed by atoms with Crippen LogP contribution >= 0.6 is 0 Å². The number of hydrogen-bond acceptors (Lipinski definition) is 6. The van der Waals surface area contributed by atoms with Crippen LogP contribution in [0.3, 0.4) is 0 Å². The minimum Gasteiger partial charge on any atom is -0.497 e. The molecule has 1 aromatic carbocycles. The number of Topliss-reactive ketones (excluding diaryl/α,β-unsaturated/α-hetero) is 1. The molecular formula is C23H29NO6. The summed E-state index contributed by atoms with van der Waals surface area (Å²) in [5.41, 5.74) is -0.390. The van der Waals surface area contributed by atoms with E-state index in [2.05, 4.69) is 0 Å². The molecule has 1 spiro atoms. The first-order valence-corrected chi connectivity index (χ1v) is 10.5. The van der Waals surface area contributed by atoms with Crippen molar-refractivity contribution in [3.05, 3.63) is 23.8 Å². The Bertz CT molecular complexity index is 919. The largest absolute Gasteiger partial charge is 0.497 e. The monoisotopic (exact) mass is 415 g/mol. The van der Waals surface area contributed by atoms with Gasteiger partial charge in [-0.2, -0.15) is 0 Å². The summed E-state index contributed by atoms with van der Waals surface area (Å²) in [7, 11) is 1.58. The molecule has 7 nitrogen and oxygen atoms in total. The Morgan fingerprint density at radius 2 is 2.00 bits per heavy atom. The lowest BCUT2D eigenvalue weighted by Gasteiger charge is -2.34. The zero-order valence-corrected chi connectivity index (χ0v) is 18.2. The van der Waals surface area contributed by atoms with Crippen molar-refractivity contribution in [2.24, 2.45) is 5.92 Å². The summed E-state index contributed by atoms with van der Waals surface area (Å²) in [6.45, 7) is 7.54. The molecule has 1 heterocycles. The third kappa shape index (κ3) is 2.74. The van der Waals surface area contributed by atoms with Crippen LogP contribution in [0.4, 0.5) is 10.5 Å². The Balaban J connectivity index is 1.87. The molecule has 0 N–H and O–H groups in total. The highest BCUT2D eigenvalue weighted by Gasteiger charge is 2.85. The number of carbonyl (C=O) groups is 3. The summed E-state index contributed by atoms with van der Waals surface area (Å²) in [6.07, 6.45) is 0.905. The van der Waals surface area contributed by atoms with Crippen molar-refractivity contribution < 1.29 is 28.6 Å². The van der Waals surface area contributed by atoms with Gasteiger partial charge >= 0.3 is 12.1 Å². The van der Waals surface area contributed by atoms with Gasteiger partial charge in [-0.1, -0.05) is 0 Å². The number of rotatable bonds is 4. The van der Waals surface area contributed by atoms with Crippen LogP contribution in [-0.2, 0) is 24.5 Å².